The fourth-order valence-corrected chi connectivity index (χ4v) is 4.64. The highest BCUT2D eigenvalue weighted by Gasteiger charge is 2.17. The van der Waals surface area contributed by atoms with E-state index in [0.29, 0.717) is 0 Å². The molecule has 5 heteroatoms. The van der Waals surface area contributed by atoms with Crippen LogP contribution in [-0.2, 0) is 4.79 Å². The molecule has 2 aromatic carbocycles. The quantitative estimate of drug-likeness (QED) is 0.752. The van der Waals surface area contributed by atoms with Gasteiger partial charge in [-0.05, 0) is 69.5 Å². The molecule has 0 radical (unpaired) electrons. The van der Waals surface area contributed by atoms with Crippen LogP contribution in [0.4, 0.5) is 17.1 Å². The van der Waals surface area contributed by atoms with Crippen LogP contribution in [0, 0.1) is 27.7 Å². The molecule has 0 aromatic heterocycles. The summed E-state index contributed by atoms with van der Waals surface area (Å²) in [5.41, 5.74) is 7.76. The molecule has 0 aliphatic carbocycles. The molecule has 0 spiro atoms. The van der Waals surface area contributed by atoms with E-state index in [4.69, 9.17) is 0 Å². The zero-order valence-corrected chi connectivity index (χ0v) is 18.4. The predicted octanol–water partition coefficient (Wildman–Crippen LogP) is 4.91. The maximum atomic E-state index is 12.7. The van der Waals surface area contributed by atoms with E-state index < -0.39 is 0 Å². The number of hydrogen-bond donors (Lipinski definition) is 2. The Labute approximate surface area is 173 Å². The summed E-state index contributed by atoms with van der Waals surface area (Å²) in [6.45, 7) is 12.4. The van der Waals surface area contributed by atoms with Crippen molar-refractivity contribution >= 4 is 34.7 Å². The molecule has 0 saturated carbocycles. The lowest BCUT2D eigenvalue weighted by Gasteiger charge is -2.29. The topological polar surface area (TPSA) is 44.4 Å². The van der Waals surface area contributed by atoms with Gasteiger partial charge in [0.15, 0.2) is 0 Å². The van der Waals surface area contributed by atoms with Gasteiger partial charge in [0.1, 0.15) is 6.04 Å². The molecule has 1 amide bonds. The molecule has 1 aliphatic rings. The zero-order chi connectivity index (χ0) is 20.3. The minimum atomic E-state index is -0.323. The van der Waals surface area contributed by atoms with E-state index in [2.05, 4.69) is 59.7 Å². The first-order valence-corrected chi connectivity index (χ1v) is 11.1. The van der Waals surface area contributed by atoms with Crippen LogP contribution < -0.4 is 15.5 Å². The van der Waals surface area contributed by atoms with Gasteiger partial charge in [-0.1, -0.05) is 17.7 Å². The first kappa shape index (κ1) is 20.6. The smallest absolute Gasteiger partial charge is 0.246 e. The summed E-state index contributed by atoms with van der Waals surface area (Å²) in [6, 6.07) is 10.3. The normalized spacial score (nSPS) is 15.2. The summed E-state index contributed by atoms with van der Waals surface area (Å²) in [7, 11) is 0. The average Bonchev–Trinajstić information content (AvgIpc) is 2.66. The Morgan fingerprint density at radius 3 is 2.25 bits per heavy atom. The lowest BCUT2D eigenvalue weighted by molar-refractivity contribution is -0.116. The van der Waals surface area contributed by atoms with Crippen molar-refractivity contribution in [1.29, 1.82) is 0 Å². The van der Waals surface area contributed by atoms with Gasteiger partial charge < -0.3 is 15.5 Å². The second-order valence-electron chi connectivity index (χ2n) is 7.73. The predicted molar refractivity (Wildman–Crippen MR) is 123 cm³/mol. The van der Waals surface area contributed by atoms with Crippen molar-refractivity contribution in [1.82, 2.24) is 0 Å². The Hall–Kier alpha value is -2.14. The molecule has 0 unspecified atom stereocenters. The molecule has 1 atom stereocenters. The third kappa shape index (κ3) is 4.82. The molecule has 150 valence electrons. The number of carbonyl (C=O) groups excluding carboxylic acids is 1. The van der Waals surface area contributed by atoms with E-state index in [1.807, 2.05) is 32.5 Å². The van der Waals surface area contributed by atoms with Crippen molar-refractivity contribution < 1.29 is 4.79 Å². The van der Waals surface area contributed by atoms with Crippen molar-refractivity contribution in [2.24, 2.45) is 0 Å². The van der Waals surface area contributed by atoms with Crippen molar-refractivity contribution in [2.75, 3.05) is 40.1 Å². The van der Waals surface area contributed by atoms with Crippen molar-refractivity contribution in [2.45, 2.75) is 40.7 Å². The van der Waals surface area contributed by atoms with E-state index >= 15 is 0 Å². The molecule has 1 fully saturated rings. The van der Waals surface area contributed by atoms with Gasteiger partial charge in [-0.3, -0.25) is 4.79 Å². The molecular formula is C23H31N3OS. The van der Waals surface area contributed by atoms with E-state index in [1.54, 1.807) is 0 Å². The first-order valence-electron chi connectivity index (χ1n) is 9.93. The Bertz CT molecular complexity index is 836. The number of nitrogens with zero attached hydrogens (tertiary/aromatic N) is 1. The highest BCUT2D eigenvalue weighted by molar-refractivity contribution is 7.99. The van der Waals surface area contributed by atoms with E-state index in [0.717, 1.165) is 41.2 Å². The summed E-state index contributed by atoms with van der Waals surface area (Å²) in [5.74, 6) is 2.36. The number of amides is 1. The van der Waals surface area contributed by atoms with Crippen LogP contribution in [0.25, 0.3) is 0 Å². The molecule has 1 saturated heterocycles. The van der Waals surface area contributed by atoms with E-state index in [1.165, 1.54) is 22.8 Å². The number of thioether (sulfide) groups is 1. The van der Waals surface area contributed by atoms with E-state index in [9.17, 15) is 4.79 Å². The second-order valence-corrected chi connectivity index (χ2v) is 8.95. The van der Waals surface area contributed by atoms with Gasteiger partial charge in [-0.15, -0.1) is 0 Å². The number of aryl methyl sites for hydroxylation is 4. The van der Waals surface area contributed by atoms with Crippen molar-refractivity contribution in [3.8, 4) is 0 Å². The average molecular weight is 398 g/mol. The molecular weight excluding hydrogens is 366 g/mol. The van der Waals surface area contributed by atoms with Crippen molar-refractivity contribution in [3.63, 3.8) is 0 Å². The maximum Gasteiger partial charge on any atom is 0.246 e. The van der Waals surface area contributed by atoms with Gasteiger partial charge in [0.25, 0.3) is 0 Å². The number of anilines is 3. The number of carbonyl (C=O) groups is 1. The lowest BCUT2D eigenvalue weighted by Crippen LogP contribution is -2.33. The minimum Gasteiger partial charge on any atom is -0.374 e. The Morgan fingerprint density at radius 2 is 1.64 bits per heavy atom. The van der Waals surface area contributed by atoms with Gasteiger partial charge in [-0.25, -0.2) is 0 Å². The molecule has 1 heterocycles. The van der Waals surface area contributed by atoms with Gasteiger partial charge in [-0.2, -0.15) is 11.8 Å². The molecule has 2 N–H and O–H groups in total. The Kier molecular flexibility index (Phi) is 6.55. The van der Waals surface area contributed by atoms with Gasteiger partial charge >= 0.3 is 0 Å². The first-order chi connectivity index (χ1) is 13.3. The monoisotopic (exact) mass is 397 g/mol. The second kappa shape index (κ2) is 8.91. The summed E-state index contributed by atoms with van der Waals surface area (Å²) < 4.78 is 0. The van der Waals surface area contributed by atoms with Gasteiger partial charge in [0, 0.05) is 41.7 Å². The highest BCUT2D eigenvalue weighted by atomic mass is 32.2. The third-order valence-corrected chi connectivity index (χ3v) is 6.22. The number of hydrogen-bond acceptors (Lipinski definition) is 4. The molecule has 0 bridgehead atoms. The SMILES string of the molecule is Cc1cc(C)c(NC(=O)[C@H](C)Nc2ccc(N3CCSCC3)cc2C)c(C)c1. The molecule has 4 nitrogen and oxygen atoms in total. The molecule has 28 heavy (non-hydrogen) atoms. The number of rotatable bonds is 5. The van der Waals surface area contributed by atoms with Crippen LogP contribution in [0.5, 0.6) is 0 Å². The third-order valence-electron chi connectivity index (χ3n) is 5.28. The summed E-state index contributed by atoms with van der Waals surface area (Å²) in [4.78, 5) is 15.2. The van der Waals surface area contributed by atoms with E-state index in [-0.39, 0.29) is 11.9 Å². The number of nitrogens with one attached hydrogen (secondary N) is 2. The maximum absolute atomic E-state index is 12.7. The summed E-state index contributed by atoms with van der Waals surface area (Å²) >= 11 is 2.02. The fourth-order valence-electron chi connectivity index (χ4n) is 3.74. The minimum absolute atomic E-state index is 0.0217. The lowest BCUT2D eigenvalue weighted by atomic mass is 10.0. The molecule has 3 rings (SSSR count). The van der Waals surface area contributed by atoms with Crippen LogP contribution in [-0.4, -0.2) is 36.5 Å². The summed E-state index contributed by atoms with van der Waals surface area (Å²) in [5, 5.41) is 6.47. The van der Waals surface area contributed by atoms with Crippen LogP contribution in [0.1, 0.15) is 29.2 Å². The Morgan fingerprint density at radius 1 is 1.00 bits per heavy atom. The van der Waals surface area contributed by atoms with Gasteiger partial charge in [0.2, 0.25) is 5.91 Å². The van der Waals surface area contributed by atoms with Crippen molar-refractivity contribution in [3.05, 3.63) is 52.6 Å². The van der Waals surface area contributed by atoms with Crippen LogP contribution in [0.3, 0.4) is 0 Å². The Balaban J connectivity index is 1.67. The van der Waals surface area contributed by atoms with Crippen LogP contribution in [0.15, 0.2) is 30.3 Å². The number of benzene rings is 2. The van der Waals surface area contributed by atoms with Crippen LogP contribution in [0.2, 0.25) is 0 Å². The largest absolute Gasteiger partial charge is 0.374 e. The fraction of sp³-hybridized carbons (Fsp3) is 0.435. The highest BCUT2D eigenvalue weighted by Crippen LogP contribution is 2.26. The summed E-state index contributed by atoms with van der Waals surface area (Å²) in [6.07, 6.45) is 0. The zero-order valence-electron chi connectivity index (χ0n) is 17.6. The molecule has 1 aliphatic heterocycles. The molecule has 2 aromatic rings. The standard InChI is InChI=1S/C23H31N3OS/c1-15-12-17(3)22(18(4)13-15)25-23(27)19(5)24-21-7-6-20(14-16(21)2)26-8-10-28-11-9-26/h6-7,12-14,19,24H,8-11H2,1-5H3,(H,25,27)/t19-/m0/s1. The van der Waals surface area contributed by atoms with Crippen LogP contribution >= 0.6 is 11.8 Å². The van der Waals surface area contributed by atoms with Gasteiger partial charge in [0.05, 0.1) is 0 Å².